The molecule has 1 aromatic heterocycles. The third kappa shape index (κ3) is 8.33. The van der Waals surface area contributed by atoms with Crippen LogP contribution in [0.4, 0.5) is 0 Å². The predicted octanol–water partition coefficient (Wildman–Crippen LogP) is 7.74. The molecule has 1 atom stereocenters. The number of aliphatic carboxylic acids is 1. The van der Waals surface area contributed by atoms with Gasteiger partial charge in [0.1, 0.15) is 23.3 Å². The van der Waals surface area contributed by atoms with Crippen molar-refractivity contribution in [1.82, 2.24) is 10.3 Å². The molecule has 8 heteroatoms. The van der Waals surface area contributed by atoms with Gasteiger partial charge in [0.2, 0.25) is 0 Å². The van der Waals surface area contributed by atoms with Crippen LogP contribution in [0.5, 0.6) is 17.2 Å². The molecule has 1 amide bonds. The van der Waals surface area contributed by atoms with Crippen LogP contribution in [-0.2, 0) is 17.6 Å². The number of nitrogens with one attached hydrogen (secondary N) is 1. The number of nitrogens with zero attached hydrogens (tertiary/aromatic N) is 1. The van der Waals surface area contributed by atoms with Crippen LogP contribution in [-0.4, -0.2) is 34.6 Å². The molecule has 4 aromatic carbocycles. The standard InChI is InChI=1S/C36H31BrN2O5/c37-28-18-19-33(43-21-7-9-26-8-6-20-38-24-26)31(23-28)35(40)39-32(36(41)42)22-25-14-16-27(17-15-25)30-12-4-5-13-34(30)44-29-10-2-1-3-11-29/h1-6,8,10-20,23-24,32H,7,9,21-22H2,(H,39,40)(H,41,42). The van der Waals surface area contributed by atoms with E-state index in [1.54, 1.807) is 24.4 Å². The van der Waals surface area contributed by atoms with Gasteiger partial charge in [-0.15, -0.1) is 0 Å². The van der Waals surface area contributed by atoms with Crippen LogP contribution in [0.2, 0.25) is 0 Å². The molecule has 0 aliphatic rings. The second-order valence-electron chi connectivity index (χ2n) is 10.1. The number of para-hydroxylation sites is 2. The monoisotopic (exact) mass is 650 g/mol. The molecule has 44 heavy (non-hydrogen) atoms. The van der Waals surface area contributed by atoms with E-state index in [9.17, 15) is 14.7 Å². The number of carbonyl (C=O) groups excluding carboxylic acids is 1. The summed E-state index contributed by atoms with van der Waals surface area (Å²) in [5, 5.41) is 12.6. The first-order valence-electron chi connectivity index (χ1n) is 14.2. The fraction of sp³-hybridized carbons (Fsp3) is 0.139. The zero-order chi connectivity index (χ0) is 30.7. The number of ether oxygens (including phenoxy) is 2. The van der Waals surface area contributed by atoms with E-state index in [-0.39, 0.29) is 12.0 Å². The van der Waals surface area contributed by atoms with Gasteiger partial charge in [0.05, 0.1) is 12.2 Å². The van der Waals surface area contributed by atoms with Crippen LogP contribution in [0.1, 0.15) is 27.9 Å². The first kappa shape index (κ1) is 30.5. The predicted molar refractivity (Wildman–Crippen MR) is 173 cm³/mol. The van der Waals surface area contributed by atoms with Crippen molar-refractivity contribution in [2.24, 2.45) is 0 Å². The van der Waals surface area contributed by atoms with Crippen LogP contribution >= 0.6 is 15.9 Å². The molecular weight excluding hydrogens is 620 g/mol. The van der Waals surface area contributed by atoms with E-state index >= 15 is 0 Å². The molecule has 1 unspecified atom stereocenters. The molecule has 5 rings (SSSR count). The number of hydrogen-bond acceptors (Lipinski definition) is 5. The van der Waals surface area contributed by atoms with E-state index in [0.29, 0.717) is 22.6 Å². The summed E-state index contributed by atoms with van der Waals surface area (Å²) in [4.78, 5) is 29.6. The Morgan fingerprint density at radius 3 is 2.36 bits per heavy atom. The lowest BCUT2D eigenvalue weighted by molar-refractivity contribution is -0.139. The lowest BCUT2D eigenvalue weighted by Gasteiger charge is -2.17. The minimum atomic E-state index is -1.14. The third-order valence-corrected chi connectivity index (χ3v) is 7.44. The zero-order valence-corrected chi connectivity index (χ0v) is 25.4. The molecule has 222 valence electrons. The van der Waals surface area contributed by atoms with Crippen molar-refractivity contribution in [2.45, 2.75) is 25.3 Å². The highest BCUT2D eigenvalue weighted by Gasteiger charge is 2.23. The SMILES string of the molecule is O=C(NC(Cc1ccc(-c2ccccc2Oc2ccccc2)cc1)C(=O)O)c1cc(Br)ccc1OCCCc1cccnc1. The largest absolute Gasteiger partial charge is 0.493 e. The van der Waals surface area contributed by atoms with Gasteiger partial charge >= 0.3 is 5.97 Å². The number of rotatable bonds is 13. The molecule has 1 heterocycles. The average molecular weight is 652 g/mol. The molecular formula is C36H31BrN2O5. The summed E-state index contributed by atoms with van der Waals surface area (Å²) in [6.45, 7) is 0.394. The van der Waals surface area contributed by atoms with Gasteiger partial charge in [-0.05, 0) is 72.0 Å². The summed E-state index contributed by atoms with van der Waals surface area (Å²) in [5.74, 6) is 0.191. The van der Waals surface area contributed by atoms with Gasteiger partial charge in [-0.1, -0.05) is 82.7 Å². The summed E-state index contributed by atoms with van der Waals surface area (Å²) < 4.78 is 12.7. The van der Waals surface area contributed by atoms with Gasteiger partial charge in [0.15, 0.2) is 0 Å². The Bertz CT molecular complexity index is 1700. The van der Waals surface area contributed by atoms with Crippen molar-refractivity contribution in [2.75, 3.05) is 6.61 Å². The molecule has 0 aliphatic heterocycles. The van der Waals surface area contributed by atoms with Crippen LogP contribution in [0.25, 0.3) is 11.1 Å². The first-order chi connectivity index (χ1) is 21.5. The normalized spacial score (nSPS) is 11.4. The van der Waals surface area contributed by atoms with Crippen molar-refractivity contribution in [1.29, 1.82) is 0 Å². The second-order valence-corrected chi connectivity index (χ2v) is 11.0. The molecule has 2 N–H and O–H groups in total. The molecule has 0 bridgehead atoms. The Labute approximate surface area is 264 Å². The van der Waals surface area contributed by atoms with Crippen molar-refractivity contribution < 1.29 is 24.2 Å². The number of benzene rings is 4. The minimum absolute atomic E-state index is 0.110. The number of carboxylic acid groups (broad SMARTS) is 1. The highest BCUT2D eigenvalue weighted by Crippen LogP contribution is 2.33. The number of carbonyl (C=O) groups is 2. The maximum Gasteiger partial charge on any atom is 0.326 e. The van der Waals surface area contributed by atoms with Gasteiger partial charge < -0.3 is 19.9 Å². The van der Waals surface area contributed by atoms with Gasteiger partial charge in [-0.2, -0.15) is 0 Å². The molecule has 0 saturated heterocycles. The smallest absolute Gasteiger partial charge is 0.326 e. The second kappa shape index (κ2) is 15.0. The highest BCUT2D eigenvalue weighted by atomic mass is 79.9. The molecule has 5 aromatic rings. The highest BCUT2D eigenvalue weighted by molar-refractivity contribution is 9.10. The van der Waals surface area contributed by atoms with Gasteiger partial charge in [0, 0.05) is 28.9 Å². The van der Waals surface area contributed by atoms with Crippen molar-refractivity contribution in [3.63, 3.8) is 0 Å². The van der Waals surface area contributed by atoms with Crippen LogP contribution in [0.15, 0.2) is 126 Å². The van der Waals surface area contributed by atoms with Gasteiger partial charge in [-0.3, -0.25) is 9.78 Å². The van der Waals surface area contributed by atoms with Crippen LogP contribution < -0.4 is 14.8 Å². The fourth-order valence-corrected chi connectivity index (χ4v) is 5.07. The molecule has 0 saturated carbocycles. The molecule has 0 radical (unpaired) electrons. The maximum absolute atomic E-state index is 13.3. The number of aryl methyl sites for hydroxylation is 1. The van der Waals surface area contributed by atoms with E-state index in [0.717, 1.165) is 40.8 Å². The molecule has 0 fully saturated rings. The Morgan fingerprint density at radius 1 is 0.841 bits per heavy atom. The lowest BCUT2D eigenvalue weighted by Crippen LogP contribution is -2.42. The van der Waals surface area contributed by atoms with Crippen LogP contribution in [0, 0.1) is 0 Å². The summed E-state index contributed by atoms with van der Waals surface area (Å²) in [7, 11) is 0. The summed E-state index contributed by atoms with van der Waals surface area (Å²) in [6, 6.07) is 32.8. The number of halogens is 1. The summed E-state index contributed by atoms with van der Waals surface area (Å²) in [5.41, 5.74) is 3.97. The Morgan fingerprint density at radius 2 is 1.61 bits per heavy atom. The van der Waals surface area contributed by atoms with Crippen LogP contribution in [0.3, 0.4) is 0 Å². The van der Waals surface area contributed by atoms with Crippen molar-refractivity contribution in [3.8, 4) is 28.4 Å². The lowest BCUT2D eigenvalue weighted by atomic mass is 9.99. The first-order valence-corrected chi connectivity index (χ1v) is 15.0. The Kier molecular flexibility index (Phi) is 10.4. The molecule has 7 nitrogen and oxygen atoms in total. The quantitative estimate of drug-likeness (QED) is 0.127. The van der Waals surface area contributed by atoms with E-state index in [2.05, 4.69) is 26.2 Å². The zero-order valence-electron chi connectivity index (χ0n) is 23.9. The Balaban J connectivity index is 1.24. The maximum atomic E-state index is 13.3. The number of carboxylic acids is 1. The van der Waals surface area contributed by atoms with Crippen molar-refractivity contribution >= 4 is 27.8 Å². The Hall–Kier alpha value is -4.95. The average Bonchev–Trinajstić information content (AvgIpc) is 3.05. The number of hydrogen-bond donors (Lipinski definition) is 2. The number of amides is 1. The van der Waals surface area contributed by atoms with E-state index in [1.807, 2.05) is 97.2 Å². The fourth-order valence-electron chi connectivity index (χ4n) is 4.71. The van der Waals surface area contributed by atoms with E-state index in [1.165, 1.54) is 0 Å². The molecule has 0 spiro atoms. The van der Waals surface area contributed by atoms with Crippen molar-refractivity contribution in [3.05, 3.63) is 143 Å². The summed E-state index contributed by atoms with van der Waals surface area (Å²) in [6.07, 6.45) is 5.18. The topological polar surface area (TPSA) is 97.8 Å². The molecule has 0 aliphatic carbocycles. The van der Waals surface area contributed by atoms with Gasteiger partial charge in [-0.25, -0.2) is 4.79 Å². The third-order valence-electron chi connectivity index (χ3n) is 6.94. The van der Waals surface area contributed by atoms with E-state index < -0.39 is 17.9 Å². The minimum Gasteiger partial charge on any atom is -0.493 e. The van der Waals surface area contributed by atoms with E-state index in [4.69, 9.17) is 9.47 Å². The summed E-state index contributed by atoms with van der Waals surface area (Å²) >= 11 is 3.41. The number of pyridine rings is 1. The van der Waals surface area contributed by atoms with Gasteiger partial charge in [0.25, 0.3) is 5.91 Å². The number of aromatic nitrogens is 1.